The number of rotatable bonds is 6. The van der Waals surface area contributed by atoms with Crippen LogP contribution in [0.15, 0.2) is 0 Å². The molecule has 5 nitrogen and oxygen atoms in total. The fourth-order valence-corrected chi connectivity index (χ4v) is 2.18. The minimum Gasteiger partial charge on any atom is -0.383 e. The number of sulfonamides is 1. The zero-order valence-corrected chi connectivity index (χ0v) is 8.71. The Bertz CT molecular complexity index is 247. The fraction of sp³-hybridized carbons (Fsp3) is 1.00. The monoisotopic (exact) mass is 209 g/mol. The van der Waals surface area contributed by atoms with E-state index in [-0.39, 0.29) is 12.0 Å². The van der Waals surface area contributed by atoms with Crippen molar-refractivity contribution in [2.45, 2.75) is 13.2 Å². The molecule has 0 bridgehead atoms. The predicted molar refractivity (Wildman–Crippen MR) is 47.8 cm³/mol. The van der Waals surface area contributed by atoms with E-state index in [1.54, 1.807) is 14.0 Å². The third kappa shape index (κ3) is 2.91. The number of hydrogen-bond acceptors (Lipinski definition) is 4. The van der Waals surface area contributed by atoms with E-state index in [4.69, 9.17) is 9.47 Å². The van der Waals surface area contributed by atoms with Gasteiger partial charge in [-0.25, -0.2) is 8.42 Å². The second-order valence-electron chi connectivity index (χ2n) is 2.79. The molecule has 0 radical (unpaired) electrons. The van der Waals surface area contributed by atoms with E-state index < -0.39 is 10.0 Å². The van der Waals surface area contributed by atoms with Crippen molar-refractivity contribution < 1.29 is 17.9 Å². The third-order valence-corrected chi connectivity index (χ3v) is 3.74. The summed E-state index contributed by atoms with van der Waals surface area (Å²) in [6, 6.07) is 0. The van der Waals surface area contributed by atoms with Crippen molar-refractivity contribution in [1.29, 1.82) is 0 Å². The van der Waals surface area contributed by atoms with E-state index in [9.17, 15) is 8.42 Å². The fourth-order valence-electron chi connectivity index (χ4n) is 1.02. The molecule has 78 valence electrons. The first-order valence-corrected chi connectivity index (χ1v) is 5.82. The van der Waals surface area contributed by atoms with Gasteiger partial charge in [-0.15, -0.1) is 0 Å². The van der Waals surface area contributed by atoms with E-state index in [0.29, 0.717) is 19.8 Å². The molecule has 1 aliphatic heterocycles. The van der Waals surface area contributed by atoms with Crippen LogP contribution < -0.4 is 0 Å². The molecule has 0 saturated carbocycles. The number of epoxide rings is 1. The molecule has 1 saturated heterocycles. The third-order valence-electron chi connectivity index (χ3n) is 1.87. The molecule has 1 unspecified atom stereocenters. The Morgan fingerprint density at radius 1 is 1.62 bits per heavy atom. The molecule has 13 heavy (non-hydrogen) atoms. The van der Waals surface area contributed by atoms with Crippen LogP contribution in [0.2, 0.25) is 0 Å². The van der Waals surface area contributed by atoms with Gasteiger partial charge in [0.1, 0.15) is 6.23 Å². The van der Waals surface area contributed by atoms with E-state index in [2.05, 4.69) is 0 Å². The number of hydrogen-bond donors (Lipinski definition) is 0. The highest BCUT2D eigenvalue weighted by Crippen LogP contribution is 2.19. The van der Waals surface area contributed by atoms with Crippen LogP contribution in [0.4, 0.5) is 0 Å². The topological polar surface area (TPSA) is 59.1 Å². The van der Waals surface area contributed by atoms with Gasteiger partial charge in [-0.3, -0.25) is 0 Å². The van der Waals surface area contributed by atoms with Crippen LogP contribution in [-0.4, -0.2) is 51.6 Å². The van der Waals surface area contributed by atoms with Gasteiger partial charge in [0.05, 0.1) is 19.0 Å². The summed E-state index contributed by atoms with van der Waals surface area (Å²) in [5, 5.41) is 0. The Labute approximate surface area is 78.7 Å². The van der Waals surface area contributed by atoms with Gasteiger partial charge in [-0.1, -0.05) is 0 Å². The molecular weight excluding hydrogens is 194 g/mol. The quantitative estimate of drug-likeness (QED) is 0.561. The zero-order chi connectivity index (χ0) is 9.90. The number of nitrogens with zero attached hydrogens (tertiary/aromatic N) is 1. The summed E-state index contributed by atoms with van der Waals surface area (Å²) in [4.78, 5) is 0. The van der Waals surface area contributed by atoms with Crippen molar-refractivity contribution in [3.63, 3.8) is 0 Å². The van der Waals surface area contributed by atoms with Crippen LogP contribution >= 0.6 is 0 Å². The van der Waals surface area contributed by atoms with Crippen LogP contribution in [0.5, 0.6) is 0 Å². The lowest BCUT2D eigenvalue weighted by Gasteiger charge is -2.18. The second-order valence-corrected chi connectivity index (χ2v) is 5.00. The van der Waals surface area contributed by atoms with Crippen LogP contribution in [0, 0.1) is 0 Å². The number of ether oxygens (including phenoxy) is 2. The van der Waals surface area contributed by atoms with Crippen molar-refractivity contribution in [1.82, 2.24) is 4.31 Å². The van der Waals surface area contributed by atoms with E-state index >= 15 is 0 Å². The highest BCUT2D eigenvalue weighted by atomic mass is 32.2. The largest absolute Gasteiger partial charge is 0.383 e. The van der Waals surface area contributed by atoms with Crippen LogP contribution in [0.1, 0.15) is 6.92 Å². The van der Waals surface area contributed by atoms with Gasteiger partial charge in [0.25, 0.3) is 0 Å². The predicted octanol–water partition coefficient (Wildman–Crippen LogP) is -0.359. The second kappa shape index (κ2) is 4.36. The highest BCUT2D eigenvalue weighted by Gasteiger charge is 2.37. The average molecular weight is 209 g/mol. The summed E-state index contributed by atoms with van der Waals surface area (Å²) in [5.74, 6) is 0.108. The molecule has 0 aromatic rings. The first-order valence-electron chi connectivity index (χ1n) is 4.22. The molecule has 1 atom stereocenters. The van der Waals surface area contributed by atoms with Gasteiger partial charge < -0.3 is 9.47 Å². The first kappa shape index (κ1) is 10.9. The standard InChI is InChI=1S/C7H15NO4S/c1-3-13(9,10)8(4-5-11-2)7-6-12-7/h7H,3-6H2,1-2H3. The van der Waals surface area contributed by atoms with Crippen molar-refractivity contribution in [2.24, 2.45) is 0 Å². The highest BCUT2D eigenvalue weighted by molar-refractivity contribution is 7.89. The zero-order valence-electron chi connectivity index (χ0n) is 7.89. The SMILES string of the molecule is CCS(=O)(=O)N(CCOC)C1CO1. The molecule has 0 spiro atoms. The molecule has 1 aliphatic rings. The van der Waals surface area contributed by atoms with Gasteiger partial charge in [0.15, 0.2) is 0 Å². The van der Waals surface area contributed by atoms with Gasteiger partial charge in [-0.05, 0) is 6.92 Å². The Balaban J connectivity index is 2.56. The van der Waals surface area contributed by atoms with E-state index in [0.717, 1.165) is 0 Å². The molecule has 0 N–H and O–H groups in total. The van der Waals surface area contributed by atoms with Crippen molar-refractivity contribution >= 4 is 10.0 Å². The normalized spacial score (nSPS) is 22.2. The lowest BCUT2D eigenvalue weighted by Crippen LogP contribution is -2.37. The van der Waals surface area contributed by atoms with Crippen molar-refractivity contribution in [3.8, 4) is 0 Å². The molecule has 0 aromatic carbocycles. The van der Waals surface area contributed by atoms with Crippen molar-refractivity contribution in [3.05, 3.63) is 0 Å². The van der Waals surface area contributed by atoms with Gasteiger partial charge in [-0.2, -0.15) is 4.31 Å². The molecular formula is C7H15NO4S. The maximum absolute atomic E-state index is 11.5. The smallest absolute Gasteiger partial charge is 0.216 e. The minimum atomic E-state index is -3.14. The Kier molecular flexibility index (Phi) is 3.66. The molecule has 1 rings (SSSR count). The van der Waals surface area contributed by atoms with Gasteiger partial charge >= 0.3 is 0 Å². The molecule has 0 aromatic heterocycles. The Hall–Kier alpha value is -0.170. The summed E-state index contributed by atoms with van der Waals surface area (Å²) in [6.07, 6.45) is -0.250. The lowest BCUT2D eigenvalue weighted by atomic mass is 10.6. The van der Waals surface area contributed by atoms with Gasteiger partial charge in [0, 0.05) is 13.7 Å². The summed E-state index contributed by atoms with van der Waals surface area (Å²) in [6.45, 7) is 2.90. The van der Waals surface area contributed by atoms with Crippen molar-refractivity contribution in [2.75, 3.05) is 32.6 Å². The maximum Gasteiger partial charge on any atom is 0.216 e. The Morgan fingerprint density at radius 2 is 2.23 bits per heavy atom. The van der Waals surface area contributed by atoms with Gasteiger partial charge in [0.2, 0.25) is 10.0 Å². The van der Waals surface area contributed by atoms with E-state index in [1.807, 2.05) is 0 Å². The molecule has 0 aliphatic carbocycles. The lowest BCUT2D eigenvalue weighted by molar-refractivity contribution is 0.161. The molecule has 0 amide bonds. The minimum absolute atomic E-state index is 0.108. The number of methoxy groups -OCH3 is 1. The summed E-state index contributed by atoms with van der Waals surface area (Å²) in [5.41, 5.74) is 0. The average Bonchev–Trinajstić information content (AvgIpc) is 2.89. The maximum atomic E-state index is 11.5. The summed E-state index contributed by atoms with van der Waals surface area (Å²) in [7, 11) is -1.59. The summed E-state index contributed by atoms with van der Waals surface area (Å²) < 4.78 is 34.1. The van der Waals surface area contributed by atoms with Crippen LogP contribution in [0.3, 0.4) is 0 Å². The van der Waals surface area contributed by atoms with E-state index in [1.165, 1.54) is 4.31 Å². The summed E-state index contributed by atoms with van der Waals surface area (Å²) >= 11 is 0. The Morgan fingerprint density at radius 3 is 2.62 bits per heavy atom. The van der Waals surface area contributed by atoms with Crippen LogP contribution in [-0.2, 0) is 19.5 Å². The molecule has 1 heterocycles. The van der Waals surface area contributed by atoms with Crippen LogP contribution in [0.25, 0.3) is 0 Å². The first-order chi connectivity index (χ1) is 6.11. The molecule has 1 fully saturated rings. The molecule has 6 heteroatoms.